The van der Waals surface area contributed by atoms with Gasteiger partial charge in [0, 0.05) is 23.1 Å². The molecule has 1 aliphatic rings. The first-order valence-corrected chi connectivity index (χ1v) is 9.12. The van der Waals surface area contributed by atoms with Crippen molar-refractivity contribution in [2.45, 2.75) is 52.1 Å². The van der Waals surface area contributed by atoms with Gasteiger partial charge in [-0.2, -0.15) is 0 Å². The zero-order valence-corrected chi connectivity index (χ0v) is 15.2. The lowest BCUT2D eigenvalue weighted by Crippen LogP contribution is -2.42. The number of rotatable bonds is 6. The van der Waals surface area contributed by atoms with Crippen LogP contribution in [-0.4, -0.2) is 30.6 Å². The Hall–Kier alpha value is -0.380. The average molecular weight is 353 g/mol. The van der Waals surface area contributed by atoms with Gasteiger partial charge in [0.2, 0.25) is 0 Å². The van der Waals surface area contributed by atoms with E-state index in [9.17, 15) is 0 Å². The van der Waals surface area contributed by atoms with Gasteiger partial charge in [-0.15, -0.1) is 0 Å². The van der Waals surface area contributed by atoms with Crippen molar-refractivity contribution in [3.63, 3.8) is 0 Å². The SMILES string of the molecule is CCC(c1ccc(Br)cc1)N1CCCC(CNC(C)C)C1. The molecule has 1 fully saturated rings. The number of nitrogens with zero attached hydrogens (tertiary/aromatic N) is 1. The topological polar surface area (TPSA) is 15.3 Å². The van der Waals surface area contributed by atoms with E-state index in [1.165, 1.54) is 42.4 Å². The van der Waals surface area contributed by atoms with E-state index in [1.54, 1.807) is 0 Å². The first kappa shape index (κ1) is 17.0. The highest BCUT2D eigenvalue weighted by molar-refractivity contribution is 9.10. The van der Waals surface area contributed by atoms with Crippen molar-refractivity contribution in [3.05, 3.63) is 34.3 Å². The van der Waals surface area contributed by atoms with Gasteiger partial charge >= 0.3 is 0 Å². The Morgan fingerprint density at radius 1 is 1.29 bits per heavy atom. The average Bonchev–Trinajstić information content (AvgIpc) is 2.48. The monoisotopic (exact) mass is 352 g/mol. The van der Waals surface area contributed by atoms with Crippen molar-refractivity contribution in [1.29, 1.82) is 0 Å². The van der Waals surface area contributed by atoms with Gasteiger partial charge in [0.15, 0.2) is 0 Å². The van der Waals surface area contributed by atoms with E-state index in [2.05, 4.69) is 71.2 Å². The number of nitrogens with one attached hydrogen (secondary N) is 1. The van der Waals surface area contributed by atoms with Crippen molar-refractivity contribution in [3.8, 4) is 0 Å². The molecule has 3 heteroatoms. The predicted octanol–water partition coefficient (Wildman–Crippen LogP) is 4.61. The maximum atomic E-state index is 3.61. The lowest BCUT2D eigenvalue weighted by molar-refractivity contribution is 0.118. The Balaban J connectivity index is 1.99. The summed E-state index contributed by atoms with van der Waals surface area (Å²) in [5.41, 5.74) is 1.46. The molecule has 118 valence electrons. The van der Waals surface area contributed by atoms with E-state index in [1.807, 2.05) is 0 Å². The largest absolute Gasteiger partial charge is 0.314 e. The minimum Gasteiger partial charge on any atom is -0.314 e. The molecule has 0 saturated carbocycles. The van der Waals surface area contributed by atoms with Gasteiger partial charge < -0.3 is 5.32 Å². The molecule has 0 aliphatic carbocycles. The number of piperidine rings is 1. The van der Waals surface area contributed by atoms with Gasteiger partial charge in [-0.05, 0) is 56.0 Å². The van der Waals surface area contributed by atoms with Crippen LogP contribution in [0.2, 0.25) is 0 Å². The lowest BCUT2D eigenvalue weighted by Gasteiger charge is -2.38. The van der Waals surface area contributed by atoms with Crippen LogP contribution in [0.4, 0.5) is 0 Å². The number of benzene rings is 1. The van der Waals surface area contributed by atoms with Gasteiger partial charge in [0.1, 0.15) is 0 Å². The first-order chi connectivity index (χ1) is 10.1. The van der Waals surface area contributed by atoms with Crippen molar-refractivity contribution >= 4 is 15.9 Å². The fourth-order valence-electron chi connectivity index (χ4n) is 3.34. The van der Waals surface area contributed by atoms with Crippen molar-refractivity contribution < 1.29 is 0 Å². The Labute approximate surface area is 138 Å². The third-order valence-electron chi connectivity index (χ3n) is 4.45. The second-order valence-corrected chi connectivity index (χ2v) is 7.46. The van der Waals surface area contributed by atoms with Crippen molar-refractivity contribution in [2.75, 3.05) is 19.6 Å². The van der Waals surface area contributed by atoms with Gasteiger partial charge in [-0.1, -0.05) is 48.8 Å². The van der Waals surface area contributed by atoms with Crippen LogP contribution >= 0.6 is 15.9 Å². The van der Waals surface area contributed by atoms with Crippen LogP contribution in [0.15, 0.2) is 28.7 Å². The zero-order chi connectivity index (χ0) is 15.2. The van der Waals surface area contributed by atoms with Crippen molar-refractivity contribution in [2.24, 2.45) is 5.92 Å². The number of hydrogen-bond donors (Lipinski definition) is 1. The second kappa shape index (κ2) is 8.30. The summed E-state index contributed by atoms with van der Waals surface area (Å²) in [4.78, 5) is 2.69. The normalized spacial score (nSPS) is 21.7. The fraction of sp³-hybridized carbons (Fsp3) is 0.667. The molecule has 0 aromatic heterocycles. The Morgan fingerprint density at radius 3 is 2.62 bits per heavy atom. The summed E-state index contributed by atoms with van der Waals surface area (Å²) in [5, 5.41) is 3.61. The van der Waals surface area contributed by atoms with Crippen LogP contribution in [-0.2, 0) is 0 Å². The summed E-state index contributed by atoms with van der Waals surface area (Å²) in [6.07, 6.45) is 3.89. The molecule has 2 atom stereocenters. The van der Waals surface area contributed by atoms with Crippen LogP contribution < -0.4 is 5.32 Å². The highest BCUT2D eigenvalue weighted by Gasteiger charge is 2.25. The minimum atomic E-state index is 0.569. The van der Waals surface area contributed by atoms with Crippen LogP contribution in [0, 0.1) is 5.92 Å². The summed E-state index contributed by atoms with van der Waals surface area (Å²) in [5.74, 6) is 0.797. The number of halogens is 1. The molecule has 2 nitrogen and oxygen atoms in total. The quantitative estimate of drug-likeness (QED) is 0.803. The fourth-order valence-corrected chi connectivity index (χ4v) is 3.60. The van der Waals surface area contributed by atoms with E-state index in [4.69, 9.17) is 0 Å². The summed E-state index contributed by atoms with van der Waals surface area (Å²) < 4.78 is 1.17. The van der Waals surface area contributed by atoms with Gasteiger partial charge in [-0.25, -0.2) is 0 Å². The highest BCUT2D eigenvalue weighted by atomic mass is 79.9. The van der Waals surface area contributed by atoms with Crippen LogP contribution in [0.5, 0.6) is 0 Å². The van der Waals surface area contributed by atoms with E-state index in [0.717, 1.165) is 12.5 Å². The molecule has 1 heterocycles. The minimum absolute atomic E-state index is 0.569. The lowest BCUT2D eigenvalue weighted by atomic mass is 9.93. The maximum Gasteiger partial charge on any atom is 0.0345 e. The van der Waals surface area contributed by atoms with E-state index >= 15 is 0 Å². The zero-order valence-electron chi connectivity index (χ0n) is 13.6. The molecule has 21 heavy (non-hydrogen) atoms. The third kappa shape index (κ3) is 5.08. The Kier molecular flexibility index (Phi) is 6.72. The van der Waals surface area contributed by atoms with E-state index < -0.39 is 0 Å². The van der Waals surface area contributed by atoms with Crippen LogP contribution in [0.1, 0.15) is 51.6 Å². The molecule has 1 aromatic carbocycles. The first-order valence-electron chi connectivity index (χ1n) is 8.33. The van der Waals surface area contributed by atoms with Gasteiger partial charge in [-0.3, -0.25) is 4.90 Å². The summed E-state index contributed by atoms with van der Waals surface area (Å²) in [7, 11) is 0. The van der Waals surface area contributed by atoms with Gasteiger partial charge in [0.25, 0.3) is 0 Å². The van der Waals surface area contributed by atoms with Crippen LogP contribution in [0.25, 0.3) is 0 Å². The van der Waals surface area contributed by atoms with Crippen LogP contribution in [0.3, 0.4) is 0 Å². The molecule has 2 unspecified atom stereocenters. The molecule has 0 spiro atoms. The Bertz CT molecular complexity index is 416. The number of hydrogen-bond acceptors (Lipinski definition) is 2. The van der Waals surface area contributed by atoms with Gasteiger partial charge in [0.05, 0.1) is 0 Å². The second-order valence-electron chi connectivity index (χ2n) is 6.54. The Morgan fingerprint density at radius 2 is 2.00 bits per heavy atom. The molecule has 0 radical (unpaired) electrons. The molecule has 1 N–H and O–H groups in total. The third-order valence-corrected chi connectivity index (χ3v) is 4.98. The molecule has 1 aromatic rings. The molecule has 0 amide bonds. The predicted molar refractivity (Wildman–Crippen MR) is 94.6 cm³/mol. The standard InChI is InChI=1S/C18H29BrN2/c1-4-18(16-7-9-17(19)10-8-16)21-11-5-6-15(13-21)12-20-14(2)3/h7-10,14-15,18,20H,4-6,11-13H2,1-3H3. The van der Waals surface area contributed by atoms with Crippen molar-refractivity contribution in [1.82, 2.24) is 10.2 Å². The highest BCUT2D eigenvalue weighted by Crippen LogP contribution is 2.29. The smallest absolute Gasteiger partial charge is 0.0345 e. The summed E-state index contributed by atoms with van der Waals surface area (Å²) in [6, 6.07) is 10.0. The summed E-state index contributed by atoms with van der Waals surface area (Å²) >= 11 is 3.53. The van der Waals surface area contributed by atoms with E-state index in [-0.39, 0.29) is 0 Å². The molecular formula is C18H29BrN2. The maximum absolute atomic E-state index is 3.61. The summed E-state index contributed by atoms with van der Waals surface area (Å²) in [6.45, 7) is 10.4. The molecule has 0 bridgehead atoms. The molecular weight excluding hydrogens is 324 g/mol. The molecule has 1 saturated heterocycles. The molecule has 2 rings (SSSR count). The van der Waals surface area contributed by atoms with E-state index in [0.29, 0.717) is 12.1 Å². The molecule has 1 aliphatic heterocycles. The number of likely N-dealkylation sites (tertiary alicyclic amines) is 1.